The molecule has 0 bridgehead atoms. The standard InChI is InChI=1S/C14H18N2O5S/c1-4-15-14(19)16-12(17)9(2)21-13(18)10-7-5-6-8-11(10)22(3)20/h5-9H,4H2,1-3H3,(H2,15,16,17,19)/t9-,22+/m0/s1. The number of hydrogen-bond donors (Lipinski definition) is 2. The van der Waals surface area contributed by atoms with Crippen LogP contribution in [-0.2, 0) is 20.3 Å². The number of imide groups is 1. The molecule has 22 heavy (non-hydrogen) atoms. The van der Waals surface area contributed by atoms with E-state index in [1.54, 1.807) is 25.1 Å². The van der Waals surface area contributed by atoms with Crippen molar-refractivity contribution < 1.29 is 23.3 Å². The molecule has 0 aliphatic heterocycles. The zero-order chi connectivity index (χ0) is 16.7. The van der Waals surface area contributed by atoms with Gasteiger partial charge in [-0.1, -0.05) is 12.1 Å². The van der Waals surface area contributed by atoms with Crippen LogP contribution in [-0.4, -0.2) is 41.0 Å². The molecule has 0 saturated heterocycles. The van der Waals surface area contributed by atoms with Crippen LogP contribution in [0.2, 0.25) is 0 Å². The highest BCUT2D eigenvalue weighted by Gasteiger charge is 2.22. The second kappa shape index (κ2) is 8.28. The van der Waals surface area contributed by atoms with Crippen molar-refractivity contribution in [1.82, 2.24) is 10.6 Å². The largest absolute Gasteiger partial charge is 0.449 e. The molecule has 0 spiro atoms. The molecule has 1 rings (SSSR count). The second-order valence-corrected chi connectivity index (χ2v) is 5.69. The molecular weight excluding hydrogens is 308 g/mol. The van der Waals surface area contributed by atoms with Gasteiger partial charge in [-0.15, -0.1) is 0 Å². The summed E-state index contributed by atoms with van der Waals surface area (Å²) < 4.78 is 16.6. The molecule has 7 nitrogen and oxygen atoms in total. The number of urea groups is 1. The first-order valence-electron chi connectivity index (χ1n) is 6.59. The average molecular weight is 326 g/mol. The van der Waals surface area contributed by atoms with Gasteiger partial charge in [0.15, 0.2) is 6.10 Å². The maximum absolute atomic E-state index is 12.1. The summed E-state index contributed by atoms with van der Waals surface area (Å²) in [7, 11) is -1.36. The Hall–Kier alpha value is -2.22. The van der Waals surface area contributed by atoms with E-state index in [0.29, 0.717) is 11.4 Å². The van der Waals surface area contributed by atoms with Crippen molar-refractivity contribution in [2.75, 3.05) is 12.8 Å². The molecule has 0 heterocycles. The number of esters is 1. The van der Waals surface area contributed by atoms with Crippen LogP contribution in [0.15, 0.2) is 29.2 Å². The zero-order valence-electron chi connectivity index (χ0n) is 12.5. The van der Waals surface area contributed by atoms with Crippen molar-refractivity contribution in [3.05, 3.63) is 29.8 Å². The van der Waals surface area contributed by atoms with E-state index in [0.717, 1.165) is 0 Å². The second-order valence-electron chi connectivity index (χ2n) is 4.35. The Balaban J connectivity index is 2.74. The first kappa shape index (κ1) is 17.8. The van der Waals surface area contributed by atoms with E-state index in [1.165, 1.54) is 19.2 Å². The quantitative estimate of drug-likeness (QED) is 0.780. The van der Waals surface area contributed by atoms with Crippen molar-refractivity contribution in [3.8, 4) is 0 Å². The van der Waals surface area contributed by atoms with Crippen molar-refractivity contribution in [2.24, 2.45) is 0 Å². The summed E-state index contributed by atoms with van der Waals surface area (Å²) in [6.07, 6.45) is 0.283. The van der Waals surface area contributed by atoms with Gasteiger partial charge in [0.05, 0.1) is 21.3 Å². The van der Waals surface area contributed by atoms with E-state index in [-0.39, 0.29) is 5.56 Å². The van der Waals surface area contributed by atoms with Gasteiger partial charge in [0.1, 0.15) is 0 Å². The Morgan fingerprint density at radius 1 is 1.27 bits per heavy atom. The third-order valence-corrected chi connectivity index (χ3v) is 3.62. The minimum Gasteiger partial charge on any atom is -0.449 e. The van der Waals surface area contributed by atoms with Crippen LogP contribution in [0.1, 0.15) is 24.2 Å². The Kier molecular flexibility index (Phi) is 6.71. The van der Waals surface area contributed by atoms with E-state index in [2.05, 4.69) is 5.32 Å². The fourth-order valence-corrected chi connectivity index (χ4v) is 2.31. The molecular formula is C14H18N2O5S. The smallest absolute Gasteiger partial charge is 0.340 e. The van der Waals surface area contributed by atoms with E-state index in [1.807, 2.05) is 5.32 Å². The van der Waals surface area contributed by atoms with Gasteiger partial charge in [0.25, 0.3) is 5.91 Å². The Morgan fingerprint density at radius 2 is 1.91 bits per heavy atom. The molecule has 1 aromatic carbocycles. The van der Waals surface area contributed by atoms with E-state index in [9.17, 15) is 18.6 Å². The van der Waals surface area contributed by atoms with E-state index >= 15 is 0 Å². The van der Waals surface area contributed by atoms with Gasteiger partial charge < -0.3 is 10.1 Å². The lowest BCUT2D eigenvalue weighted by Gasteiger charge is -2.14. The summed E-state index contributed by atoms with van der Waals surface area (Å²) in [6, 6.07) is 5.61. The molecule has 1 aromatic rings. The van der Waals surface area contributed by atoms with Crippen molar-refractivity contribution in [2.45, 2.75) is 24.8 Å². The van der Waals surface area contributed by atoms with Crippen LogP contribution in [0.25, 0.3) is 0 Å². The van der Waals surface area contributed by atoms with E-state index in [4.69, 9.17) is 4.74 Å². The number of amides is 3. The van der Waals surface area contributed by atoms with E-state index < -0.39 is 34.8 Å². The van der Waals surface area contributed by atoms with Crippen molar-refractivity contribution in [1.29, 1.82) is 0 Å². The van der Waals surface area contributed by atoms with Crippen LogP contribution in [0.4, 0.5) is 4.79 Å². The lowest BCUT2D eigenvalue weighted by atomic mass is 10.2. The molecule has 8 heteroatoms. The first-order valence-corrected chi connectivity index (χ1v) is 8.14. The molecule has 0 radical (unpaired) electrons. The molecule has 0 aliphatic rings. The molecule has 3 amide bonds. The maximum Gasteiger partial charge on any atom is 0.340 e. The zero-order valence-corrected chi connectivity index (χ0v) is 13.4. The summed E-state index contributed by atoms with van der Waals surface area (Å²) in [4.78, 5) is 35.3. The Morgan fingerprint density at radius 3 is 2.50 bits per heavy atom. The highest BCUT2D eigenvalue weighted by Crippen LogP contribution is 2.14. The van der Waals surface area contributed by atoms with Gasteiger partial charge in [-0.25, -0.2) is 9.59 Å². The summed E-state index contributed by atoms with van der Waals surface area (Å²) in [5, 5.41) is 4.44. The average Bonchev–Trinajstić information content (AvgIpc) is 2.47. The Bertz CT molecular complexity index is 603. The van der Waals surface area contributed by atoms with Gasteiger partial charge in [-0.2, -0.15) is 0 Å². The fraction of sp³-hybridized carbons (Fsp3) is 0.357. The van der Waals surface area contributed by atoms with Gasteiger partial charge in [0, 0.05) is 12.8 Å². The molecule has 0 fully saturated rings. The number of carbonyl (C=O) groups excluding carboxylic acids is 3. The highest BCUT2D eigenvalue weighted by atomic mass is 32.2. The van der Waals surface area contributed by atoms with Gasteiger partial charge in [0.2, 0.25) is 0 Å². The number of benzene rings is 1. The fourth-order valence-electron chi connectivity index (χ4n) is 1.58. The maximum atomic E-state index is 12.1. The van der Waals surface area contributed by atoms with Crippen LogP contribution in [0.5, 0.6) is 0 Å². The number of nitrogens with one attached hydrogen (secondary N) is 2. The first-order chi connectivity index (χ1) is 10.4. The van der Waals surface area contributed by atoms with Gasteiger partial charge >= 0.3 is 12.0 Å². The third-order valence-electron chi connectivity index (χ3n) is 2.64. The number of carbonyl (C=O) groups is 3. The minimum absolute atomic E-state index is 0.126. The van der Waals surface area contributed by atoms with Crippen molar-refractivity contribution in [3.63, 3.8) is 0 Å². The van der Waals surface area contributed by atoms with Crippen LogP contribution in [0, 0.1) is 0 Å². The Labute approximate surface area is 130 Å². The lowest BCUT2D eigenvalue weighted by molar-refractivity contribution is -0.127. The number of ether oxygens (including phenoxy) is 1. The number of rotatable bonds is 5. The molecule has 2 N–H and O–H groups in total. The molecule has 2 atom stereocenters. The van der Waals surface area contributed by atoms with Crippen molar-refractivity contribution >= 4 is 28.7 Å². The third kappa shape index (κ3) is 4.96. The van der Waals surface area contributed by atoms with Gasteiger partial charge in [-0.3, -0.25) is 14.3 Å². The minimum atomic E-state index is -1.36. The lowest BCUT2D eigenvalue weighted by Crippen LogP contribution is -2.44. The van der Waals surface area contributed by atoms with Crippen LogP contribution in [0.3, 0.4) is 0 Å². The summed E-state index contributed by atoms with van der Waals surface area (Å²) in [6.45, 7) is 3.41. The van der Waals surface area contributed by atoms with Gasteiger partial charge in [-0.05, 0) is 26.0 Å². The molecule has 120 valence electrons. The predicted molar refractivity (Wildman–Crippen MR) is 80.9 cm³/mol. The SMILES string of the molecule is CCNC(=O)NC(=O)[C@H](C)OC(=O)c1ccccc1[S@@](C)=O. The molecule has 0 saturated carbocycles. The van der Waals surface area contributed by atoms with Crippen LogP contribution >= 0.6 is 0 Å². The summed E-state index contributed by atoms with van der Waals surface area (Å²) in [5.74, 6) is -1.52. The summed E-state index contributed by atoms with van der Waals surface area (Å²) in [5.41, 5.74) is 0.126. The molecule has 0 aliphatic carbocycles. The topological polar surface area (TPSA) is 102 Å². The normalized spacial score (nSPS) is 12.9. The predicted octanol–water partition coefficient (Wildman–Crippen LogP) is 0.815. The molecule has 0 aromatic heterocycles. The molecule has 0 unspecified atom stereocenters. The summed E-state index contributed by atoms with van der Waals surface area (Å²) >= 11 is 0. The highest BCUT2D eigenvalue weighted by molar-refractivity contribution is 7.84. The monoisotopic (exact) mass is 326 g/mol. The van der Waals surface area contributed by atoms with Crippen LogP contribution < -0.4 is 10.6 Å². The number of hydrogen-bond acceptors (Lipinski definition) is 5.